The number of hydrogen-bond acceptors (Lipinski definition) is 3. The highest BCUT2D eigenvalue weighted by Gasteiger charge is 2.22. The zero-order valence-electron chi connectivity index (χ0n) is 24.2. The van der Waals surface area contributed by atoms with E-state index in [1.54, 1.807) is 0 Å². The van der Waals surface area contributed by atoms with Crippen LogP contribution in [0.4, 0.5) is 0 Å². The molecule has 10 rings (SSSR count). The molecule has 0 aliphatic carbocycles. The van der Waals surface area contributed by atoms with E-state index >= 15 is 0 Å². The molecule has 0 aliphatic heterocycles. The van der Waals surface area contributed by atoms with Crippen molar-refractivity contribution in [2.24, 2.45) is 0 Å². The molecule has 208 valence electrons. The summed E-state index contributed by atoms with van der Waals surface area (Å²) in [5, 5.41) is 11.4. The molecule has 0 aliphatic rings. The molecule has 3 aromatic heterocycles. The first-order valence-electron chi connectivity index (χ1n) is 15.3. The van der Waals surface area contributed by atoms with Gasteiger partial charge in [-0.25, -0.2) is 9.97 Å². The zero-order chi connectivity index (χ0) is 29.5. The van der Waals surface area contributed by atoms with Crippen molar-refractivity contribution in [2.75, 3.05) is 0 Å². The Balaban J connectivity index is 1.38. The van der Waals surface area contributed by atoms with Gasteiger partial charge in [0.05, 0.1) is 22.4 Å². The fourth-order valence-electron chi connectivity index (χ4n) is 7.24. The van der Waals surface area contributed by atoms with E-state index in [2.05, 4.69) is 133 Å². The van der Waals surface area contributed by atoms with Crippen molar-refractivity contribution in [3.8, 4) is 22.5 Å². The Morgan fingerprint density at radius 1 is 0.356 bits per heavy atom. The third-order valence-electron chi connectivity index (χ3n) is 9.20. The highest BCUT2D eigenvalue weighted by atomic mass is 16.3. The molecule has 0 saturated carbocycles. The van der Waals surface area contributed by atoms with Crippen molar-refractivity contribution in [3.63, 3.8) is 0 Å². The van der Waals surface area contributed by atoms with Gasteiger partial charge >= 0.3 is 0 Å². The fourth-order valence-corrected chi connectivity index (χ4v) is 7.24. The average Bonchev–Trinajstić information content (AvgIpc) is 3.51. The van der Waals surface area contributed by atoms with Crippen LogP contribution in [-0.4, -0.2) is 9.97 Å². The van der Waals surface area contributed by atoms with Gasteiger partial charge in [0.2, 0.25) is 0 Å². The van der Waals surface area contributed by atoms with Gasteiger partial charge in [-0.1, -0.05) is 121 Å². The Hall–Kier alpha value is -6.06. The maximum Gasteiger partial charge on any atom is 0.143 e. The van der Waals surface area contributed by atoms with Gasteiger partial charge in [-0.3, -0.25) is 0 Å². The lowest BCUT2D eigenvalue weighted by atomic mass is 9.91. The van der Waals surface area contributed by atoms with E-state index in [4.69, 9.17) is 14.4 Å². The summed E-state index contributed by atoms with van der Waals surface area (Å²) in [4.78, 5) is 10.6. The topological polar surface area (TPSA) is 38.9 Å². The number of fused-ring (bicyclic) bond motifs is 13. The molecule has 0 atom stereocenters. The SMILES string of the molecule is c1ccc(-c2nc3ccc(-c4nc5ccccc5c5c4c4ccccc4c4oc6ccccc6c45)cc3c3ccccc23)cc1. The molecule has 0 fully saturated rings. The lowest BCUT2D eigenvalue weighted by Gasteiger charge is -2.15. The molecular formula is C42H24N2O. The van der Waals surface area contributed by atoms with Crippen LogP contribution in [0.2, 0.25) is 0 Å². The Kier molecular flexibility index (Phi) is 5.00. The maximum atomic E-state index is 6.59. The molecule has 3 heteroatoms. The monoisotopic (exact) mass is 572 g/mol. The van der Waals surface area contributed by atoms with Crippen molar-refractivity contribution >= 4 is 76.1 Å². The third-order valence-corrected chi connectivity index (χ3v) is 9.20. The van der Waals surface area contributed by atoms with Crippen LogP contribution in [0.5, 0.6) is 0 Å². The molecule has 0 saturated heterocycles. The predicted molar refractivity (Wildman–Crippen MR) is 188 cm³/mol. The first-order valence-corrected chi connectivity index (χ1v) is 15.3. The molecule has 10 aromatic rings. The fraction of sp³-hybridized carbons (Fsp3) is 0. The molecule has 3 nitrogen and oxygen atoms in total. The normalized spacial score (nSPS) is 12.0. The van der Waals surface area contributed by atoms with Crippen molar-refractivity contribution in [2.45, 2.75) is 0 Å². The molecule has 0 bridgehead atoms. The van der Waals surface area contributed by atoms with Crippen LogP contribution in [0.15, 0.2) is 150 Å². The largest absolute Gasteiger partial charge is 0.455 e. The molecule has 0 amide bonds. The second-order valence-corrected chi connectivity index (χ2v) is 11.7. The van der Waals surface area contributed by atoms with E-state index in [0.29, 0.717) is 0 Å². The van der Waals surface area contributed by atoms with Crippen molar-refractivity contribution in [1.29, 1.82) is 0 Å². The van der Waals surface area contributed by atoms with Crippen molar-refractivity contribution < 1.29 is 4.42 Å². The Morgan fingerprint density at radius 2 is 0.978 bits per heavy atom. The summed E-state index contributed by atoms with van der Waals surface area (Å²) in [5.74, 6) is 0. The Labute approximate surface area is 258 Å². The number of nitrogens with zero attached hydrogens (tertiary/aromatic N) is 2. The van der Waals surface area contributed by atoms with E-state index in [1.165, 1.54) is 10.8 Å². The molecule has 0 N–H and O–H groups in total. The third kappa shape index (κ3) is 3.46. The van der Waals surface area contributed by atoms with Crippen LogP contribution < -0.4 is 0 Å². The second-order valence-electron chi connectivity index (χ2n) is 11.7. The standard InChI is InChI=1S/C42H24N2O/c1-2-12-25(13-3-1)40-29-16-6-4-14-27(29)33-24-26(22-23-35(33)43-40)41-38-28-15-5-7-17-30(28)42-39(32-19-9-11-21-36(32)45-42)37(38)31-18-8-10-20-34(31)44-41/h1-24H. The number of pyridine rings is 2. The van der Waals surface area contributed by atoms with E-state index in [0.717, 1.165) is 87.8 Å². The lowest BCUT2D eigenvalue weighted by Crippen LogP contribution is -1.94. The van der Waals surface area contributed by atoms with Gasteiger partial charge in [-0.2, -0.15) is 0 Å². The van der Waals surface area contributed by atoms with Crippen LogP contribution >= 0.6 is 0 Å². The van der Waals surface area contributed by atoms with E-state index in [-0.39, 0.29) is 0 Å². The summed E-state index contributed by atoms with van der Waals surface area (Å²) < 4.78 is 6.59. The number of rotatable bonds is 2. The van der Waals surface area contributed by atoms with Gasteiger partial charge in [-0.05, 0) is 35.0 Å². The van der Waals surface area contributed by atoms with Crippen LogP contribution in [-0.2, 0) is 0 Å². The number of para-hydroxylation sites is 2. The van der Waals surface area contributed by atoms with Gasteiger partial charge in [0.1, 0.15) is 11.2 Å². The average molecular weight is 573 g/mol. The molecule has 7 aromatic carbocycles. The minimum absolute atomic E-state index is 0.894. The number of benzene rings is 7. The molecule has 0 spiro atoms. The number of furan rings is 1. The quantitative estimate of drug-likeness (QED) is 0.193. The summed E-state index contributed by atoms with van der Waals surface area (Å²) in [7, 11) is 0. The molecular weight excluding hydrogens is 548 g/mol. The Bertz CT molecular complexity index is 2810. The lowest BCUT2D eigenvalue weighted by molar-refractivity contribution is 0.673. The van der Waals surface area contributed by atoms with Gasteiger partial charge in [0.25, 0.3) is 0 Å². The first kappa shape index (κ1) is 24.4. The van der Waals surface area contributed by atoms with Gasteiger partial charge in [0, 0.05) is 54.2 Å². The van der Waals surface area contributed by atoms with Crippen LogP contribution in [0.25, 0.3) is 98.6 Å². The van der Waals surface area contributed by atoms with Crippen LogP contribution in [0.1, 0.15) is 0 Å². The predicted octanol–water partition coefficient (Wildman–Crippen LogP) is 11.5. The zero-order valence-corrected chi connectivity index (χ0v) is 24.2. The maximum absolute atomic E-state index is 6.59. The highest BCUT2D eigenvalue weighted by Crippen LogP contribution is 2.46. The Morgan fingerprint density at radius 3 is 1.82 bits per heavy atom. The van der Waals surface area contributed by atoms with Gasteiger partial charge in [-0.15, -0.1) is 0 Å². The van der Waals surface area contributed by atoms with E-state index in [9.17, 15) is 0 Å². The number of aromatic nitrogens is 2. The molecule has 0 unspecified atom stereocenters. The van der Waals surface area contributed by atoms with Crippen molar-refractivity contribution in [1.82, 2.24) is 9.97 Å². The van der Waals surface area contributed by atoms with Gasteiger partial charge < -0.3 is 4.42 Å². The van der Waals surface area contributed by atoms with Gasteiger partial charge in [0.15, 0.2) is 0 Å². The minimum atomic E-state index is 0.894. The highest BCUT2D eigenvalue weighted by molar-refractivity contribution is 6.37. The summed E-state index contributed by atoms with van der Waals surface area (Å²) in [5.41, 5.74) is 7.89. The number of hydrogen-bond donors (Lipinski definition) is 0. The summed E-state index contributed by atoms with van der Waals surface area (Å²) in [6.45, 7) is 0. The summed E-state index contributed by atoms with van der Waals surface area (Å²) in [6.07, 6.45) is 0. The second kappa shape index (κ2) is 9.22. The van der Waals surface area contributed by atoms with Crippen LogP contribution in [0.3, 0.4) is 0 Å². The molecule has 45 heavy (non-hydrogen) atoms. The van der Waals surface area contributed by atoms with E-state index < -0.39 is 0 Å². The summed E-state index contributed by atoms with van der Waals surface area (Å²) >= 11 is 0. The first-order chi connectivity index (χ1) is 22.3. The summed E-state index contributed by atoms with van der Waals surface area (Å²) in [6, 6.07) is 51.1. The molecule has 3 heterocycles. The van der Waals surface area contributed by atoms with E-state index in [1.807, 2.05) is 12.1 Å². The smallest absolute Gasteiger partial charge is 0.143 e. The van der Waals surface area contributed by atoms with Crippen LogP contribution in [0, 0.1) is 0 Å². The van der Waals surface area contributed by atoms with Crippen molar-refractivity contribution in [3.05, 3.63) is 146 Å². The minimum Gasteiger partial charge on any atom is -0.455 e. The molecule has 0 radical (unpaired) electrons.